The van der Waals surface area contributed by atoms with Crippen LogP contribution in [-0.2, 0) is 9.47 Å². The van der Waals surface area contributed by atoms with E-state index in [0.717, 1.165) is 13.0 Å². The van der Waals surface area contributed by atoms with Gasteiger partial charge in [-0.2, -0.15) is 0 Å². The summed E-state index contributed by atoms with van der Waals surface area (Å²) in [6, 6.07) is 0. The Hall–Kier alpha value is 0.210. The molecule has 0 saturated heterocycles. The van der Waals surface area contributed by atoms with Crippen LogP contribution in [0.2, 0.25) is 0 Å². The maximum absolute atomic E-state index is 5.63. The van der Waals surface area contributed by atoms with Crippen LogP contribution >= 0.6 is 11.6 Å². The van der Waals surface area contributed by atoms with Crippen molar-refractivity contribution in [1.29, 1.82) is 0 Å². The molecule has 0 spiro atoms. The highest BCUT2D eigenvalue weighted by molar-refractivity contribution is 6.17. The van der Waals surface area contributed by atoms with Crippen LogP contribution in [0.25, 0.3) is 0 Å². The van der Waals surface area contributed by atoms with Gasteiger partial charge < -0.3 is 9.47 Å². The third-order valence-corrected chi connectivity index (χ3v) is 1.96. The summed E-state index contributed by atoms with van der Waals surface area (Å²) < 4.78 is 11.2. The van der Waals surface area contributed by atoms with Crippen LogP contribution < -0.4 is 0 Å². The van der Waals surface area contributed by atoms with Crippen LogP contribution in [0.3, 0.4) is 0 Å². The second-order valence-electron chi connectivity index (χ2n) is 5.01. The first-order valence-electron chi connectivity index (χ1n) is 5.11. The fourth-order valence-electron chi connectivity index (χ4n) is 0.990. The van der Waals surface area contributed by atoms with E-state index in [9.17, 15) is 0 Å². The average Bonchev–Trinajstić information content (AvgIpc) is 1.98. The lowest BCUT2D eigenvalue weighted by atomic mass is 10.1. The summed E-state index contributed by atoms with van der Waals surface area (Å²) in [6.07, 6.45) is 0.890. The number of hydrogen-bond acceptors (Lipinski definition) is 2. The molecule has 86 valence electrons. The van der Waals surface area contributed by atoms with Crippen molar-refractivity contribution < 1.29 is 9.47 Å². The molecule has 0 aromatic carbocycles. The van der Waals surface area contributed by atoms with Crippen molar-refractivity contribution >= 4 is 11.6 Å². The maximum Gasteiger partial charge on any atom is 0.0649 e. The fraction of sp³-hybridized carbons (Fsp3) is 1.00. The zero-order valence-electron chi connectivity index (χ0n) is 10.0. The van der Waals surface area contributed by atoms with Crippen molar-refractivity contribution in [1.82, 2.24) is 0 Å². The lowest BCUT2D eigenvalue weighted by Crippen LogP contribution is -2.29. The van der Waals surface area contributed by atoms with Gasteiger partial charge in [0.05, 0.1) is 17.8 Å². The van der Waals surface area contributed by atoms with Crippen LogP contribution in [0.1, 0.15) is 41.0 Å². The van der Waals surface area contributed by atoms with Gasteiger partial charge in [0, 0.05) is 12.5 Å². The molecule has 0 unspecified atom stereocenters. The molecule has 0 amide bonds. The summed E-state index contributed by atoms with van der Waals surface area (Å²) in [5, 5.41) is 0. The summed E-state index contributed by atoms with van der Waals surface area (Å²) in [5.41, 5.74) is -0.206. The Labute approximate surface area is 92.9 Å². The molecular formula is C11H23ClO2. The molecule has 0 N–H and O–H groups in total. The Morgan fingerprint density at radius 3 is 1.93 bits per heavy atom. The van der Waals surface area contributed by atoms with Crippen LogP contribution in [0.5, 0.6) is 0 Å². The molecule has 0 atom stereocenters. The molecule has 0 aliphatic rings. The highest BCUT2D eigenvalue weighted by Crippen LogP contribution is 2.16. The lowest BCUT2D eigenvalue weighted by Gasteiger charge is -2.27. The molecule has 0 saturated carbocycles. The SMILES string of the molecule is CC(C)(C)OCCC(C)(C)OCCCl. The van der Waals surface area contributed by atoms with E-state index >= 15 is 0 Å². The summed E-state index contributed by atoms with van der Waals surface area (Å²) in [4.78, 5) is 0. The standard InChI is InChI=1S/C11H23ClO2/c1-10(2,3)13-8-6-11(4,5)14-9-7-12/h6-9H2,1-5H3. The first kappa shape index (κ1) is 14.2. The molecule has 0 bridgehead atoms. The van der Waals surface area contributed by atoms with E-state index in [1.165, 1.54) is 0 Å². The molecule has 0 aromatic heterocycles. The molecule has 0 radical (unpaired) electrons. The van der Waals surface area contributed by atoms with Gasteiger partial charge in [0.15, 0.2) is 0 Å². The minimum atomic E-state index is -0.139. The normalized spacial score (nSPS) is 13.3. The largest absolute Gasteiger partial charge is 0.376 e. The van der Waals surface area contributed by atoms with Crippen molar-refractivity contribution in [3.63, 3.8) is 0 Å². The molecule has 14 heavy (non-hydrogen) atoms. The first-order valence-corrected chi connectivity index (χ1v) is 5.64. The van der Waals surface area contributed by atoms with Gasteiger partial charge in [-0.3, -0.25) is 0 Å². The predicted molar refractivity (Wildman–Crippen MR) is 61.1 cm³/mol. The molecule has 0 aliphatic heterocycles. The molecule has 0 aromatic rings. The molecule has 0 rings (SSSR count). The number of ether oxygens (including phenoxy) is 2. The molecule has 0 heterocycles. The van der Waals surface area contributed by atoms with E-state index in [1.54, 1.807) is 0 Å². The number of alkyl halides is 1. The Balaban J connectivity index is 3.65. The highest BCUT2D eigenvalue weighted by Gasteiger charge is 2.19. The van der Waals surface area contributed by atoms with E-state index < -0.39 is 0 Å². The predicted octanol–water partition coefficient (Wildman–Crippen LogP) is 3.23. The van der Waals surface area contributed by atoms with Gasteiger partial charge in [0.2, 0.25) is 0 Å². The second-order valence-corrected chi connectivity index (χ2v) is 5.39. The van der Waals surface area contributed by atoms with Gasteiger partial charge in [-0.1, -0.05) is 0 Å². The van der Waals surface area contributed by atoms with Crippen molar-refractivity contribution in [2.75, 3.05) is 19.1 Å². The Kier molecular flexibility index (Phi) is 6.03. The van der Waals surface area contributed by atoms with E-state index in [-0.39, 0.29) is 11.2 Å². The number of rotatable bonds is 6. The average molecular weight is 223 g/mol. The van der Waals surface area contributed by atoms with E-state index in [0.29, 0.717) is 12.5 Å². The Morgan fingerprint density at radius 1 is 0.929 bits per heavy atom. The van der Waals surface area contributed by atoms with E-state index in [2.05, 4.69) is 34.6 Å². The van der Waals surface area contributed by atoms with Gasteiger partial charge in [0.25, 0.3) is 0 Å². The van der Waals surface area contributed by atoms with Crippen LogP contribution in [0.15, 0.2) is 0 Å². The van der Waals surface area contributed by atoms with Crippen molar-refractivity contribution in [2.45, 2.75) is 52.2 Å². The topological polar surface area (TPSA) is 18.5 Å². The monoisotopic (exact) mass is 222 g/mol. The Morgan fingerprint density at radius 2 is 1.50 bits per heavy atom. The minimum Gasteiger partial charge on any atom is -0.376 e. The fourth-order valence-corrected chi connectivity index (χ4v) is 1.07. The van der Waals surface area contributed by atoms with E-state index in [4.69, 9.17) is 21.1 Å². The van der Waals surface area contributed by atoms with Gasteiger partial charge >= 0.3 is 0 Å². The molecule has 0 aliphatic carbocycles. The highest BCUT2D eigenvalue weighted by atomic mass is 35.5. The third kappa shape index (κ3) is 8.79. The smallest absolute Gasteiger partial charge is 0.0649 e. The van der Waals surface area contributed by atoms with Crippen molar-refractivity contribution in [2.24, 2.45) is 0 Å². The van der Waals surface area contributed by atoms with Gasteiger partial charge in [-0.25, -0.2) is 0 Å². The summed E-state index contributed by atoms with van der Waals surface area (Å²) in [6.45, 7) is 11.6. The van der Waals surface area contributed by atoms with Crippen LogP contribution in [-0.4, -0.2) is 30.3 Å². The van der Waals surface area contributed by atoms with Crippen molar-refractivity contribution in [3.8, 4) is 0 Å². The molecule has 3 heteroatoms. The number of halogens is 1. The first-order chi connectivity index (χ1) is 6.27. The third-order valence-electron chi connectivity index (χ3n) is 1.81. The van der Waals surface area contributed by atoms with Crippen LogP contribution in [0.4, 0.5) is 0 Å². The Bertz CT molecular complexity index is 150. The zero-order chi connectivity index (χ0) is 11.2. The zero-order valence-corrected chi connectivity index (χ0v) is 10.8. The minimum absolute atomic E-state index is 0.0669. The molecular weight excluding hydrogens is 200 g/mol. The molecule has 2 nitrogen and oxygen atoms in total. The summed E-state index contributed by atoms with van der Waals surface area (Å²) >= 11 is 5.56. The van der Waals surface area contributed by atoms with Gasteiger partial charge in [-0.05, 0) is 41.0 Å². The van der Waals surface area contributed by atoms with Crippen molar-refractivity contribution in [3.05, 3.63) is 0 Å². The van der Waals surface area contributed by atoms with E-state index in [1.807, 2.05) is 0 Å². The second kappa shape index (κ2) is 5.94. The van der Waals surface area contributed by atoms with Gasteiger partial charge in [-0.15, -0.1) is 11.6 Å². The van der Waals surface area contributed by atoms with Gasteiger partial charge in [0.1, 0.15) is 0 Å². The summed E-state index contributed by atoms with van der Waals surface area (Å²) in [7, 11) is 0. The quantitative estimate of drug-likeness (QED) is 0.643. The number of hydrogen-bond donors (Lipinski definition) is 0. The maximum atomic E-state index is 5.63. The van der Waals surface area contributed by atoms with Crippen LogP contribution in [0, 0.1) is 0 Å². The summed E-state index contributed by atoms with van der Waals surface area (Å²) in [5.74, 6) is 0.545. The molecule has 0 fully saturated rings. The lowest BCUT2D eigenvalue weighted by molar-refractivity contribution is -0.0624.